The Kier molecular flexibility index (Phi) is 3.74. The van der Waals surface area contributed by atoms with E-state index in [-0.39, 0.29) is 0 Å². The second kappa shape index (κ2) is 5.85. The summed E-state index contributed by atoms with van der Waals surface area (Å²) in [4.78, 5) is 15.2. The SMILES string of the molecule is CC(Oc1ccc(-c2cnc3ccccc3c2)cc1)C(=O)O. The number of hydrogen-bond acceptors (Lipinski definition) is 3. The van der Waals surface area contributed by atoms with Crippen LogP contribution in [0.2, 0.25) is 0 Å². The molecular formula is C18H15NO3. The maximum Gasteiger partial charge on any atom is 0.344 e. The molecule has 0 amide bonds. The summed E-state index contributed by atoms with van der Waals surface area (Å²) in [5.41, 5.74) is 2.98. The third kappa shape index (κ3) is 2.91. The van der Waals surface area contributed by atoms with Crippen LogP contribution in [-0.4, -0.2) is 22.2 Å². The Labute approximate surface area is 128 Å². The molecule has 1 aromatic heterocycles. The van der Waals surface area contributed by atoms with E-state index < -0.39 is 12.1 Å². The highest BCUT2D eigenvalue weighted by molar-refractivity contribution is 5.83. The standard InChI is InChI=1S/C18H15NO3/c1-12(18(20)21)22-16-8-6-13(7-9-16)15-10-14-4-2-3-5-17(14)19-11-15/h2-12H,1H3,(H,20,21). The number of carboxylic acid groups (broad SMARTS) is 1. The van der Waals surface area contributed by atoms with E-state index in [4.69, 9.17) is 9.84 Å². The van der Waals surface area contributed by atoms with Gasteiger partial charge in [0.15, 0.2) is 6.10 Å². The fourth-order valence-electron chi connectivity index (χ4n) is 2.21. The number of pyridine rings is 1. The van der Waals surface area contributed by atoms with E-state index in [1.807, 2.05) is 42.6 Å². The second-order valence-corrected chi connectivity index (χ2v) is 5.04. The third-order valence-electron chi connectivity index (χ3n) is 3.44. The van der Waals surface area contributed by atoms with Crippen LogP contribution >= 0.6 is 0 Å². The Morgan fingerprint density at radius 3 is 2.55 bits per heavy atom. The average Bonchev–Trinajstić information content (AvgIpc) is 2.55. The number of ether oxygens (including phenoxy) is 1. The lowest BCUT2D eigenvalue weighted by Gasteiger charge is -2.11. The minimum Gasteiger partial charge on any atom is -0.479 e. The molecule has 0 spiro atoms. The summed E-state index contributed by atoms with van der Waals surface area (Å²) in [7, 11) is 0. The largest absolute Gasteiger partial charge is 0.479 e. The van der Waals surface area contributed by atoms with Gasteiger partial charge in [0.2, 0.25) is 0 Å². The lowest BCUT2D eigenvalue weighted by molar-refractivity contribution is -0.144. The van der Waals surface area contributed by atoms with E-state index in [9.17, 15) is 4.79 Å². The topological polar surface area (TPSA) is 59.4 Å². The summed E-state index contributed by atoms with van der Waals surface area (Å²) in [6.07, 6.45) is 0.964. The van der Waals surface area contributed by atoms with Gasteiger partial charge in [-0.25, -0.2) is 4.79 Å². The Morgan fingerprint density at radius 2 is 1.82 bits per heavy atom. The Balaban J connectivity index is 1.86. The van der Waals surface area contributed by atoms with Crippen LogP contribution < -0.4 is 4.74 Å². The number of hydrogen-bond donors (Lipinski definition) is 1. The van der Waals surface area contributed by atoms with Crippen LogP contribution in [0.3, 0.4) is 0 Å². The highest BCUT2D eigenvalue weighted by atomic mass is 16.5. The maximum atomic E-state index is 10.8. The molecule has 1 atom stereocenters. The van der Waals surface area contributed by atoms with Gasteiger partial charge in [0.1, 0.15) is 5.75 Å². The lowest BCUT2D eigenvalue weighted by atomic mass is 10.1. The van der Waals surface area contributed by atoms with Crippen LogP contribution in [0.5, 0.6) is 5.75 Å². The smallest absolute Gasteiger partial charge is 0.344 e. The number of rotatable bonds is 4. The molecule has 0 radical (unpaired) electrons. The fraction of sp³-hybridized carbons (Fsp3) is 0.111. The average molecular weight is 293 g/mol. The normalized spacial score (nSPS) is 12.0. The van der Waals surface area contributed by atoms with Crippen molar-refractivity contribution < 1.29 is 14.6 Å². The quantitative estimate of drug-likeness (QED) is 0.795. The molecule has 1 heterocycles. The van der Waals surface area contributed by atoms with Crippen molar-refractivity contribution in [3.63, 3.8) is 0 Å². The first-order chi connectivity index (χ1) is 10.6. The number of para-hydroxylation sites is 1. The molecular weight excluding hydrogens is 278 g/mol. The molecule has 0 bridgehead atoms. The minimum atomic E-state index is -0.984. The monoisotopic (exact) mass is 293 g/mol. The summed E-state index contributed by atoms with van der Waals surface area (Å²) in [5, 5.41) is 9.93. The number of carboxylic acids is 1. The van der Waals surface area contributed by atoms with Gasteiger partial charge in [0, 0.05) is 17.1 Å². The summed E-state index contributed by atoms with van der Waals surface area (Å²) in [5.74, 6) is -0.449. The summed E-state index contributed by atoms with van der Waals surface area (Å²) < 4.78 is 5.32. The van der Waals surface area contributed by atoms with Gasteiger partial charge in [-0.05, 0) is 36.8 Å². The van der Waals surface area contributed by atoms with Crippen LogP contribution in [0.25, 0.3) is 22.0 Å². The molecule has 22 heavy (non-hydrogen) atoms. The van der Waals surface area contributed by atoms with Crippen molar-refractivity contribution in [3.8, 4) is 16.9 Å². The van der Waals surface area contributed by atoms with Crippen molar-refractivity contribution in [2.45, 2.75) is 13.0 Å². The molecule has 4 heteroatoms. The van der Waals surface area contributed by atoms with E-state index in [1.165, 1.54) is 6.92 Å². The Morgan fingerprint density at radius 1 is 1.09 bits per heavy atom. The summed E-state index contributed by atoms with van der Waals surface area (Å²) >= 11 is 0. The van der Waals surface area contributed by atoms with Gasteiger partial charge in [-0.1, -0.05) is 30.3 Å². The van der Waals surface area contributed by atoms with Gasteiger partial charge in [-0.2, -0.15) is 0 Å². The van der Waals surface area contributed by atoms with Crippen molar-refractivity contribution in [1.29, 1.82) is 0 Å². The molecule has 0 aliphatic heterocycles. The first-order valence-electron chi connectivity index (χ1n) is 6.98. The predicted molar refractivity (Wildman–Crippen MR) is 84.9 cm³/mol. The fourth-order valence-corrected chi connectivity index (χ4v) is 2.21. The summed E-state index contributed by atoms with van der Waals surface area (Å²) in [6, 6.07) is 17.4. The predicted octanol–water partition coefficient (Wildman–Crippen LogP) is 3.75. The van der Waals surface area contributed by atoms with Crippen molar-refractivity contribution in [1.82, 2.24) is 4.98 Å². The Hall–Kier alpha value is -2.88. The Bertz CT molecular complexity index is 812. The maximum absolute atomic E-state index is 10.8. The van der Waals surface area contributed by atoms with Crippen LogP contribution in [0, 0.1) is 0 Å². The van der Waals surface area contributed by atoms with E-state index in [0.29, 0.717) is 5.75 Å². The van der Waals surface area contributed by atoms with Crippen molar-refractivity contribution in [2.24, 2.45) is 0 Å². The molecule has 3 rings (SSSR count). The molecule has 1 N–H and O–H groups in total. The van der Waals surface area contributed by atoms with E-state index in [2.05, 4.69) is 11.1 Å². The zero-order chi connectivity index (χ0) is 15.5. The highest BCUT2D eigenvalue weighted by Crippen LogP contribution is 2.25. The van der Waals surface area contributed by atoms with Crippen molar-refractivity contribution in [3.05, 3.63) is 60.8 Å². The summed E-state index contributed by atoms with van der Waals surface area (Å²) in [6.45, 7) is 1.50. The van der Waals surface area contributed by atoms with Gasteiger partial charge < -0.3 is 9.84 Å². The number of aromatic nitrogens is 1. The molecule has 2 aromatic carbocycles. The number of aliphatic carboxylic acids is 1. The van der Waals surface area contributed by atoms with Crippen LogP contribution in [-0.2, 0) is 4.79 Å². The van der Waals surface area contributed by atoms with Gasteiger partial charge >= 0.3 is 5.97 Å². The van der Waals surface area contributed by atoms with Gasteiger partial charge in [0.05, 0.1) is 5.52 Å². The molecule has 0 aliphatic carbocycles. The molecule has 3 aromatic rings. The first kappa shape index (κ1) is 14.1. The number of benzene rings is 2. The van der Waals surface area contributed by atoms with Gasteiger partial charge in [0.25, 0.3) is 0 Å². The van der Waals surface area contributed by atoms with E-state index >= 15 is 0 Å². The van der Waals surface area contributed by atoms with Crippen molar-refractivity contribution in [2.75, 3.05) is 0 Å². The second-order valence-electron chi connectivity index (χ2n) is 5.04. The molecule has 0 saturated carbocycles. The third-order valence-corrected chi connectivity index (χ3v) is 3.44. The van der Waals surface area contributed by atoms with Crippen molar-refractivity contribution >= 4 is 16.9 Å². The molecule has 1 unspecified atom stereocenters. The molecule has 0 aliphatic rings. The number of nitrogens with zero attached hydrogens (tertiary/aromatic N) is 1. The van der Waals surface area contributed by atoms with E-state index in [0.717, 1.165) is 22.0 Å². The highest BCUT2D eigenvalue weighted by Gasteiger charge is 2.12. The number of carbonyl (C=O) groups is 1. The van der Waals surface area contributed by atoms with Gasteiger partial charge in [-0.15, -0.1) is 0 Å². The molecule has 0 fully saturated rings. The lowest BCUT2D eigenvalue weighted by Crippen LogP contribution is -2.22. The van der Waals surface area contributed by atoms with E-state index in [1.54, 1.807) is 12.1 Å². The van der Waals surface area contributed by atoms with Crippen LogP contribution in [0.4, 0.5) is 0 Å². The molecule has 0 saturated heterocycles. The molecule has 4 nitrogen and oxygen atoms in total. The number of fused-ring (bicyclic) bond motifs is 1. The minimum absolute atomic E-state index is 0.535. The first-order valence-corrected chi connectivity index (χ1v) is 6.98. The zero-order valence-electron chi connectivity index (χ0n) is 12.1. The van der Waals surface area contributed by atoms with Crippen LogP contribution in [0.15, 0.2) is 60.8 Å². The zero-order valence-corrected chi connectivity index (χ0v) is 12.1. The molecule has 110 valence electrons. The van der Waals surface area contributed by atoms with Crippen LogP contribution in [0.1, 0.15) is 6.92 Å². The van der Waals surface area contributed by atoms with Gasteiger partial charge in [-0.3, -0.25) is 4.98 Å².